The van der Waals surface area contributed by atoms with Gasteiger partial charge in [0.1, 0.15) is 0 Å². The molecule has 5 heteroatoms. The molecule has 130 valence electrons. The Bertz CT molecular complexity index is 1030. The lowest BCUT2D eigenvalue weighted by Crippen LogP contribution is -2.05. The Morgan fingerprint density at radius 2 is 1.73 bits per heavy atom. The molecule has 0 amide bonds. The second-order valence-corrected chi connectivity index (χ2v) is 5.93. The number of rotatable bonds is 3. The largest absolute Gasteiger partial charge is 0.373 e. The Morgan fingerprint density at radius 3 is 2.27 bits per heavy atom. The van der Waals surface area contributed by atoms with E-state index in [9.17, 15) is 4.79 Å². The fourth-order valence-electron chi connectivity index (χ4n) is 3.09. The van der Waals surface area contributed by atoms with Gasteiger partial charge in [0.2, 0.25) is 5.78 Å². The first-order valence-electron chi connectivity index (χ1n) is 8.12. The van der Waals surface area contributed by atoms with E-state index in [0.29, 0.717) is 16.8 Å². The molecule has 0 saturated heterocycles. The molecule has 0 spiro atoms. The van der Waals surface area contributed by atoms with Gasteiger partial charge in [0.15, 0.2) is 0 Å². The summed E-state index contributed by atoms with van der Waals surface area (Å²) in [6.07, 6.45) is 3.15. The van der Waals surface area contributed by atoms with Crippen LogP contribution in [0, 0.1) is 25.2 Å². The van der Waals surface area contributed by atoms with Crippen molar-refractivity contribution in [1.29, 1.82) is 5.26 Å². The van der Waals surface area contributed by atoms with Crippen molar-refractivity contribution in [3.8, 4) is 6.07 Å². The van der Waals surface area contributed by atoms with E-state index in [-0.39, 0.29) is 11.9 Å². The first kappa shape index (κ1) is 18.9. The Hall–Kier alpha value is -3.48. The SMILES string of the molecule is CCc1cc(C(=O)c2ccc(C#N)cc2)n2cc(C)cc(C)c12.O=C=O. The topological polar surface area (TPSA) is 79.4 Å². The molecular formula is C21H18N2O3. The second kappa shape index (κ2) is 8.06. The Labute approximate surface area is 151 Å². The van der Waals surface area contributed by atoms with Crippen molar-refractivity contribution >= 4 is 17.5 Å². The molecule has 3 rings (SSSR count). The fraction of sp³-hybridized carbons (Fsp3) is 0.190. The minimum atomic E-state index is -0.0193. The van der Waals surface area contributed by atoms with Crippen molar-refractivity contribution < 1.29 is 14.4 Å². The van der Waals surface area contributed by atoms with Gasteiger partial charge in [0.05, 0.1) is 22.8 Å². The number of carbonyl (C=O) groups is 1. The van der Waals surface area contributed by atoms with E-state index in [4.69, 9.17) is 14.9 Å². The molecule has 0 aliphatic rings. The highest BCUT2D eigenvalue weighted by Crippen LogP contribution is 2.24. The molecule has 3 aromatic rings. The molecule has 1 aromatic carbocycles. The third kappa shape index (κ3) is 3.61. The van der Waals surface area contributed by atoms with Gasteiger partial charge in [-0.3, -0.25) is 4.79 Å². The van der Waals surface area contributed by atoms with Gasteiger partial charge in [-0.2, -0.15) is 14.9 Å². The summed E-state index contributed by atoms with van der Waals surface area (Å²) in [4.78, 5) is 29.2. The number of aromatic nitrogens is 1. The Balaban J connectivity index is 0.000000758. The summed E-state index contributed by atoms with van der Waals surface area (Å²) in [6.45, 7) is 6.22. The van der Waals surface area contributed by atoms with Crippen LogP contribution in [0.15, 0.2) is 42.6 Å². The standard InChI is InChI=1S/C20H18N2O.CO2/c1-4-16-10-18(22-12-13(2)9-14(3)19(16)22)20(23)17-7-5-15(11-21)6-8-17;2-1-3/h5-10,12H,4H2,1-3H3;. The quantitative estimate of drug-likeness (QED) is 0.678. The van der Waals surface area contributed by atoms with Crippen LogP contribution in [0.1, 0.15) is 45.2 Å². The maximum Gasteiger partial charge on any atom is 0.373 e. The first-order chi connectivity index (χ1) is 12.5. The van der Waals surface area contributed by atoms with E-state index in [0.717, 1.165) is 17.5 Å². The normalized spacial score (nSPS) is 9.77. The lowest BCUT2D eigenvalue weighted by molar-refractivity contribution is -0.191. The van der Waals surface area contributed by atoms with Crippen LogP contribution in [-0.4, -0.2) is 16.3 Å². The molecule has 0 aliphatic carbocycles. The monoisotopic (exact) mass is 346 g/mol. The van der Waals surface area contributed by atoms with Crippen molar-refractivity contribution in [2.45, 2.75) is 27.2 Å². The summed E-state index contributed by atoms with van der Waals surface area (Å²) in [5.74, 6) is -0.0193. The van der Waals surface area contributed by atoms with E-state index in [1.807, 2.05) is 23.6 Å². The average molecular weight is 346 g/mol. The third-order valence-corrected chi connectivity index (χ3v) is 4.16. The zero-order chi connectivity index (χ0) is 19.3. The Morgan fingerprint density at radius 1 is 1.12 bits per heavy atom. The summed E-state index contributed by atoms with van der Waals surface area (Å²) in [7, 11) is 0. The molecule has 0 aliphatic heterocycles. The molecule has 0 bridgehead atoms. The molecule has 5 nitrogen and oxygen atoms in total. The van der Waals surface area contributed by atoms with Crippen LogP contribution in [0.4, 0.5) is 0 Å². The van der Waals surface area contributed by atoms with Crippen molar-refractivity contribution in [1.82, 2.24) is 4.40 Å². The minimum Gasteiger partial charge on any atom is -0.313 e. The number of ketones is 1. The molecule has 0 saturated carbocycles. The number of nitriles is 1. The highest BCUT2D eigenvalue weighted by molar-refractivity contribution is 6.09. The minimum absolute atomic E-state index is 0.0193. The summed E-state index contributed by atoms with van der Waals surface area (Å²) < 4.78 is 2.00. The van der Waals surface area contributed by atoms with Crippen molar-refractivity contribution in [2.75, 3.05) is 0 Å². The van der Waals surface area contributed by atoms with Gasteiger partial charge in [-0.15, -0.1) is 0 Å². The summed E-state index contributed by atoms with van der Waals surface area (Å²) in [5.41, 5.74) is 6.44. The summed E-state index contributed by atoms with van der Waals surface area (Å²) >= 11 is 0. The molecule has 2 aromatic heterocycles. The maximum absolute atomic E-state index is 12.9. The van der Waals surface area contributed by atoms with E-state index in [1.165, 1.54) is 11.1 Å². The highest BCUT2D eigenvalue weighted by atomic mass is 16.2. The van der Waals surface area contributed by atoms with E-state index in [1.54, 1.807) is 24.3 Å². The van der Waals surface area contributed by atoms with Gasteiger partial charge < -0.3 is 4.40 Å². The first-order valence-corrected chi connectivity index (χ1v) is 8.12. The number of nitrogens with zero attached hydrogens (tertiary/aromatic N) is 2. The predicted octanol–water partition coefficient (Wildman–Crippen LogP) is 3.64. The molecule has 2 heterocycles. The number of aryl methyl sites for hydroxylation is 3. The van der Waals surface area contributed by atoms with Crippen LogP contribution < -0.4 is 0 Å². The van der Waals surface area contributed by atoms with E-state index in [2.05, 4.69) is 26.0 Å². The smallest absolute Gasteiger partial charge is 0.313 e. The lowest BCUT2D eigenvalue weighted by atomic mass is 10.1. The number of pyridine rings is 1. The molecule has 0 radical (unpaired) electrons. The molecule has 0 atom stereocenters. The number of hydrogen-bond acceptors (Lipinski definition) is 4. The number of hydrogen-bond donors (Lipinski definition) is 0. The average Bonchev–Trinajstić information content (AvgIpc) is 3.00. The van der Waals surface area contributed by atoms with Gasteiger partial charge in [-0.25, -0.2) is 0 Å². The second-order valence-electron chi connectivity index (χ2n) is 5.93. The number of benzene rings is 1. The molecular weight excluding hydrogens is 328 g/mol. The molecule has 0 N–H and O–H groups in total. The molecule has 0 unspecified atom stereocenters. The zero-order valence-electron chi connectivity index (χ0n) is 14.9. The summed E-state index contributed by atoms with van der Waals surface area (Å²) in [5, 5.41) is 8.88. The van der Waals surface area contributed by atoms with Gasteiger partial charge in [-0.05, 0) is 67.3 Å². The van der Waals surface area contributed by atoms with E-state index < -0.39 is 0 Å². The van der Waals surface area contributed by atoms with Gasteiger partial charge in [0, 0.05) is 11.8 Å². The maximum atomic E-state index is 12.9. The van der Waals surface area contributed by atoms with Crippen LogP contribution in [0.3, 0.4) is 0 Å². The summed E-state index contributed by atoms with van der Waals surface area (Å²) in [6, 6.07) is 13.0. The van der Waals surface area contributed by atoms with Gasteiger partial charge in [-0.1, -0.05) is 13.0 Å². The van der Waals surface area contributed by atoms with Crippen LogP contribution in [-0.2, 0) is 16.0 Å². The van der Waals surface area contributed by atoms with Crippen LogP contribution in [0.25, 0.3) is 5.52 Å². The molecule has 0 fully saturated rings. The van der Waals surface area contributed by atoms with Crippen molar-refractivity contribution in [3.63, 3.8) is 0 Å². The predicted molar refractivity (Wildman–Crippen MR) is 95.8 cm³/mol. The van der Waals surface area contributed by atoms with E-state index >= 15 is 0 Å². The van der Waals surface area contributed by atoms with Crippen molar-refractivity contribution in [3.05, 3.63) is 76.1 Å². The molecule has 26 heavy (non-hydrogen) atoms. The zero-order valence-corrected chi connectivity index (χ0v) is 14.9. The Kier molecular flexibility index (Phi) is 5.85. The lowest BCUT2D eigenvalue weighted by Gasteiger charge is -2.07. The highest BCUT2D eigenvalue weighted by Gasteiger charge is 2.17. The number of fused-ring (bicyclic) bond motifs is 1. The van der Waals surface area contributed by atoms with Gasteiger partial charge >= 0.3 is 6.15 Å². The van der Waals surface area contributed by atoms with Crippen LogP contribution >= 0.6 is 0 Å². The van der Waals surface area contributed by atoms with Crippen LogP contribution in [0.2, 0.25) is 0 Å². The van der Waals surface area contributed by atoms with Gasteiger partial charge in [0.25, 0.3) is 0 Å². The van der Waals surface area contributed by atoms with Crippen molar-refractivity contribution in [2.24, 2.45) is 0 Å². The van der Waals surface area contributed by atoms with Crippen LogP contribution in [0.5, 0.6) is 0 Å². The third-order valence-electron chi connectivity index (χ3n) is 4.16. The number of carbonyl (C=O) groups excluding carboxylic acids is 3. The fourth-order valence-corrected chi connectivity index (χ4v) is 3.09.